The van der Waals surface area contributed by atoms with Gasteiger partial charge in [0.1, 0.15) is 6.23 Å². The van der Waals surface area contributed by atoms with Gasteiger partial charge in [-0.15, -0.1) is 0 Å². The number of allylic oxidation sites excluding steroid dienone is 1. The number of nitrogens with one attached hydrogen (secondary N) is 1. The predicted molar refractivity (Wildman–Crippen MR) is 82.5 cm³/mol. The molecule has 1 heterocycles. The van der Waals surface area contributed by atoms with E-state index in [9.17, 15) is 5.11 Å². The van der Waals surface area contributed by atoms with Crippen LogP contribution in [0.25, 0.3) is 5.57 Å². The Kier molecular flexibility index (Phi) is 4.48. The Balaban J connectivity index is 2.30. The molecule has 0 saturated carbocycles. The molecule has 1 unspecified atom stereocenters. The van der Waals surface area contributed by atoms with Gasteiger partial charge in [-0.25, -0.2) is 0 Å². The van der Waals surface area contributed by atoms with Crippen LogP contribution in [0.2, 0.25) is 0 Å². The normalized spacial score (nSPS) is 17.5. The molecular weight excluding hydrogens is 236 g/mol. The zero-order valence-corrected chi connectivity index (χ0v) is 12.1. The van der Waals surface area contributed by atoms with Gasteiger partial charge in [0.25, 0.3) is 0 Å². The highest BCUT2D eigenvalue weighted by atomic mass is 16.3. The lowest BCUT2D eigenvalue weighted by Gasteiger charge is -2.27. The van der Waals surface area contributed by atoms with Crippen LogP contribution in [0.1, 0.15) is 39.2 Å². The van der Waals surface area contributed by atoms with Crippen LogP contribution in [-0.4, -0.2) is 24.4 Å². The van der Waals surface area contributed by atoms with Crippen molar-refractivity contribution >= 4 is 16.9 Å². The van der Waals surface area contributed by atoms with Gasteiger partial charge in [0.15, 0.2) is 0 Å². The van der Waals surface area contributed by atoms with E-state index in [2.05, 4.69) is 42.3 Å². The molecular formula is C16H24N2O. The fourth-order valence-electron chi connectivity index (χ4n) is 2.63. The SMILES string of the molecule is CCCN(CCC)c1ccc2c(c1)NC(O)C=C2C. The van der Waals surface area contributed by atoms with Crippen LogP contribution >= 0.6 is 0 Å². The first-order chi connectivity index (χ1) is 9.15. The molecule has 19 heavy (non-hydrogen) atoms. The van der Waals surface area contributed by atoms with Gasteiger partial charge >= 0.3 is 0 Å². The highest BCUT2D eigenvalue weighted by Gasteiger charge is 2.16. The molecule has 0 amide bonds. The van der Waals surface area contributed by atoms with Crippen LogP contribution in [0.4, 0.5) is 11.4 Å². The Morgan fingerprint density at radius 3 is 2.53 bits per heavy atom. The van der Waals surface area contributed by atoms with Gasteiger partial charge < -0.3 is 15.3 Å². The molecule has 1 aromatic rings. The average Bonchev–Trinajstić information content (AvgIpc) is 2.37. The Bertz CT molecular complexity index is 462. The first kappa shape index (κ1) is 13.9. The van der Waals surface area contributed by atoms with Gasteiger partial charge in [-0.2, -0.15) is 0 Å². The molecule has 0 fully saturated rings. The summed E-state index contributed by atoms with van der Waals surface area (Å²) in [5.41, 5.74) is 4.58. The lowest BCUT2D eigenvalue weighted by molar-refractivity contribution is 0.252. The van der Waals surface area contributed by atoms with Crippen molar-refractivity contribution in [2.75, 3.05) is 23.3 Å². The van der Waals surface area contributed by atoms with Crippen molar-refractivity contribution in [2.45, 2.75) is 39.8 Å². The molecule has 0 spiro atoms. The number of nitrogens with zero attached hydrogens (tertiary/aromatic N) is 1. The lowest BCUT2D eigenvalue weighted by atomic mass is 10.0. The van der Waals surface area contributed by atoms with E-state index in [1.165, 1.54) is 11.3 Å². The van der Waals surface area contributed by atoms with Crippen molar-refractivity contribution < 1.29 is 5.11 Å². The maximum absolute atomic E-state index is 9.76. The zero-order chi connectivity index (χ0) is 13.8. The van der Waals surface area contributed by atoms with E-state index in [-0.39, 0.29) is 0 Å². The fourth-order valence-corrected chi connectivity index (χ4v) is 2.63. The summed E-state index contributed by atoms with van der Waals surface area (Å²) in [5.74, 6) is 0. The summed E-state index contributed by atoms with van der Waals surface area (Å²) < 4.78 is 0. The van der Waals surface area contributed by atoms with Crippen molar-refractivity contribution in [1.29, 1.82) is 0 Å². The molecule has 0 aromatic heterocycles. The van der Waals surface area contributed by atoms with Gasteiger partial charge in [-0.05, 0) is 43.5 Å². The van der Waals surface area contributed by atoms with E-state index < -0.39 is 6.23 Å². The molecule has 0 saturated heterocycles. The van der Waals surface area contributed by atoms with Gasteiger partial charge in [-0.3, -0.25) is 0 Å². The van der Waals surface area contributed by atoms with Crippen LogP contribution in [0.3, 0.4) is 0 Å². The summed E-state index contributed by atoms with van der Waals surface area (Å²) >= 11 is 0. The van der Waals surface area contributed by atoms with E-state index in [1.54, 1.807) is 0 Å². The van der Waals surface area contributed by atoms with E-state index in [4.69, 9.17) is 0 Å². The number of benzene rings is 1. The Morgan fingerprint density at radius 2 is 1.89 bits per heavy atom. The molecule has 1 aliphatic rings. The van der Waals surface area contributed by atoms with Crippen molar-refractivity contribution in [3.8, 4) is 0 Å². The van der Waals surface area contributed by atoms with Crippen LogP contribution in [-0.2, 0) is 0 Å². The molecule has 1 aliphatic heterocycles. The number of aliphatic hydroxyl groups excluding tert-OH is 1. The standard InChI is InChI=1S/C16H24N2O/c1-4-8-18(9-5-2)13-6-7-14-12(3)10-16(19)17-15(14)11-13/h6-7,10-11,16-17,19H,4-5,8-9H2,1-3H3. The second-order valence-electron chi connectivity index (χ2n) is 5.16. The molecule has 3 heteroatoms. The third-order valence-electron chi connectivity index (χ3n) is 3.49. The first-order valence-electron chi connectivity index (χ1n) is 7.18. The number of rotatable bonds is 5. The smallest absolute Gasteiger partial charge is 0.144 e. The van der Waals surface area contributed by atoms with Gasteiger partial charge in [0.2, 0.25) is 0 Å². The number of hydrogen-bond acceptors (Lipinski definition) is 3. The largest absolute Gasteiger partial charge is 0.371 e. The summed E-state index contributed by atoms with van der Waals surface area (Å²) in [6.45, 7) is 8.60. The fraction of sp³-hybridized carbons (Fsp3) is 0.500. The molecule has 2 rings (SSSR count). The minimum atomic E-state index is -0.575. The van der Waals surface area contributed by atoms with E-state index in [0.29, 0.717) is 0 Å². The van der Waals surface area contributed by atoms with E-state index in [1.807, 2.05) is 13.0 Å². The van der Waals surface area contributed by atoms with Crippen LogP contribution in [0.15, 0.2) is 24.3 Å². The number of fused-ring (bicyclic) bond motifs is 1. The lowest BCUT2D eigenvalue weighted by Crippen LogP contribution is -2.26. The quantitative estimate of drug-likeness (QED) is 0.851. The molecule has 0 aliphatic carbocycles. The van der Waals surface area contributed by atoms with Crippen molar-refractivity contribution in [2.24, 2.45) is 0 Å². The second-order valence-corrected chi connectivity index (χ2v) is 5.16. The molecule has 3 nitrogen and oxygen atoms in total. The third kappa shape index (κ3) is 3.10. The van der Waals surface area contributed by atoms with Crippen molar-refractivity contribution in [1.82, 2.24) is 0 Å². The zero-order valence-electron chi connectivity index (χ0n) is 12.1. The summed E-state index contributed by atoms with van der Waals surface area (Å²) in [5, 5.41) is 12.9. The third-order valence-corrected chi connectivity index (χ3v) is 3.49. The van der Waals surface area contributed by atoms with Gasteiger partial charge in [0.05, 0.1) is 0 Å². The summed E-state index contributed by atoms with van der Waals surface area (Å²) in [7, 11) is 0. The van der Waals surface area contributed by atoms with E-state index in [0.717, 1.165) is 37.2 Å². The maximum Gasteiger partial charge on any atom is 0.144 e. The van der Waals surface area contributed by atoms with Crippen LogP contribution in [0.5, 0.6) is 0 Å². The van der Waals surface area contributed by atoms with Crippen molar-refractivity contribution in [3.05, 3.63) is 29.8 Å². The number of aliphatic hydroxyl groups is 1. The predicted octanol–water partition coefficient (Wildman–Crippen LogP) is 3.46. The molecule has 1 aromatic carbocycles. The van der Waals surface area contributed by atoms with Gasteiger partial charge in [-0.1, -0.05) is 19.9 Å². The van der Waals surface area contributed by atoms with E-state index >= 15 is 0 Å². The molecule has 0 bridgehead atoms. The topological polar surface area (TPSA) is 35.5 Å². The Morgan fingerprint density at radius 1 is 1.21 bits per heavy atom. The molecule has 2 N–H and O–H groups in total. The van der Waals surface area contributed by atoms with Gasteiger partial charge in [0, 0.05) is 30.0 Å². The summed E-state index contributed by atoms with van der Waals surface area (Å²) in [6.07, 6.45) is 3.56. The molecule has 0 radical (unpaired) electrons. The first-order valence-corrected chi connectivity index (χ1v) is 7.18. The van der Waals surface area contributed by atoms with Crippen molar-refractivity contribution in [3.63, 3.8) is 0 Å². The molecule has 104 valence electrons. The number of anilines is 2. The summed E-state index contributed by atoms with van der Waals surface area (Å²) in [6, 6.07) is 6.48. The Labute approximate surface area is 115 Å². The minimum Gasteiger partial charge on any atom is -0.371 e. The molecule has 1 atom stereocenters. The highest BCUT2D eigenvalue weighted by molar-refractivity contribution is 5.81. The highest BCUT2D eigenvalue weighted by Crippen LogP contribution is 2.32. The Hall–Kier alpha value is -1.48. The summed E-state index contributed by atoms with van der Waals surface area (Å²) in [4.78, 5) is 2.40. The second kappa shape index (κ2) is 6.11. The van der Waals surface area contributed by atoms with Crippen LogP contribution in [0, 0.1) is 0 Å². The van der Waals surface area contributed by atoms with Crippen LogP contribution < -0.4 is 10.2 Å². The minimum absolute atomic E-state index is 0.575. The monoisotopic (exact) mass is 260 g/mol. The number of hydrogen-bond donors (Lipinski definition) is 2. The maximum atomic E-state index is 9.76. The average molecular weight is 260 g/mol.